The van der Waals surface area contributed by atoms with Gasteiger partial charge in [-0.2, -0.15) is 4.98 Å². The van der Waals surface area contributed by atoms with Crippen molar-refractivity contribution in [2.75, 3.05) is 13.7 Å². The van der Waals surface area contributed by atoms with E-state index in [0.717, 1.165) is 16.7 Å². The number of amides is 1. The first-order valence-electron chi connectivity index (χ1n) is 8.44. The molecule has 0 unspecified atom stereocenters. The molecule has 0 aliphatic rings. The summed E-state index contributed by atoms with van der Waals surface area (Å²) in [7, 11) is 1.67. The zero-order valence-electron chi connectivity index (χ0n) is 15.4. The van der Waals surface area contributed by atoms with Gasteiger partial charge in [0.2, 0.25) is 11.7 Å². The molecule has 140 valence electrons. The third-order valence-electron chi connectivity index (χ3n) is 3.93. The van der Waals surface area contributed by atoms with Crippen molar-refractivity contribution in [3.05, 3.63) is 64.5 Å². The Hall–Kier alpha value is -2.86. The van der Waals surface area contributed by atoms with E-state index >= 15 is 0 Å². The predicted octanol–water partition coefficient (Wildman–Crippen LogP) is 4.04. The number of aryl methyl sites for hydroxylation is 2. The number of benzene rings is 2. The maximum atomic E-state index is 12.3. The molecule has 0 fully saturated rings. The van der Waals surface area contributed by atoms with E-state index in [1.165, 1.54) is 4.90 Å². The lowest BCUT2D eigenvalue weighted by Crippen LogP contribution is -2.31. The van der Waals surface area contributed by atoms with E-state index in [4.69, 9.17) is 20.9 Å². The third kappa shape index (κ3) is 5.08. The molecule has 0 aliphatic heterocycles. The zero-order chi connectivity index (χ0) is 19.4. The van der Waals surface area contributed by atoms with Gasteiger partial charge in [0.05, 0.1) is 6.54 Å². The summed E-state index contributed by atoms with van der Waals surface area (Å²) in [6.45, 7) is 4.12. The van der Waals surface area contributed by atoms with Crippen molar-refractivity contribution in [1.29, 1.82) is 0 Å². The van der Waals surface area contributed by atoms with Crippen LogP contribution in [0, 0.1) is 13.8 Å². The van der Waals surface area contributed by atoms with Crippen molar-refractivity contribution in [3.8, 4) is 17.1 Å². The van der Waals surface area contributed by atoms with Gasteiger partial charge < -0.3 is 14.2 Å². The molecular weight excluding hydrogens is 366 g/mol. The number of aromatic nitrogens is 2. The van der Waals surface area contributed by atoms with Crippen molar-refractivity contribution in [3.63, 3.8) is 0 Å². The Bertz CT molecular complexity index is 918. The summed E-state index contributed by atoms with van der Waals surface area (Å²) >= 11 is 5.88. The lowest BCUT2D eigenvalue weighted by molar-refractivity contribution is -0.132. The van der Waals surface area contributed by atoms with E-state index in [1.807, 2.05) is 38.1 Å². The van der Waals surface area contributed by atoms with Crippen LogP contribution < -0.4 is 4.74 Å². The first-order chi connectivity index (χ1) is 12.9. The molecule has 2 aromatic carbocycles. The average molecular weight is 386 g/mol. The van der Waals surface area contributed by atoms with Gasteiger partial charge in [0, 0.05) is 17.6 Å². The number of carbonyl (C=O) groups is 1. The van der Waals surface area contributed by atoms with Gasteiger partial charge >= 0.3 is 0 Å². The minimum Gasteiger partial charge on any atom is -0.484 e. The zero-order valence-corrected chi connectivity index (χ0v) is 16.2. The first kappa shape index (κ1) is 18.9. The lowest BCUT2D eigenvalue weighted by atomic mass is 10.1. The maximum absolute atomic E-state index is 12.3. The highest BCUT2D eigenvalue weighted by molar-refractivity contribution is 6.30. The van der Waals surface area contributed by atoms with Crippen LogP contribution in [-0.4, -0.2) is 34.6 Å². The van der Waals surface area contributed by atoms with Crippen LogP contribution in [0.5, 0.6) is 5.75 Å². The quantitative estimate of drug-likeness (QED) is 0.640. The third-order valence-corrected chi connectivity index (χ3v) is 4.18. The van der Waals surface area contributed by atoms with Crippen molar-refractivity contribution < 1.29 is 14.1 Å². The molecule has 0 radical (unpaired) electrons. The fourth-order valence-corrected chi connectivity index (χ4v) is 2.72. The Balaban J connectivity index is 1.57. The Morgan fingerprint density at radius 1 is 1.15 bits per heavy atom. The lowest BCUT2D eigenvalue weighted by Gasteiger charge is -2.15. The van der Waals surface area contributed by atoms with Gasteiger partial charge in [-0.1, -0.05) is 22.8 Å². The summed E-state index contributed by atoms with van der Waals surface area (Å²) in [5.74, 6) is 1.30. The topological polar surface area (TPSA) is 68.5 Å². The van der Waals surface area contributed by atoms with E-state index in [1.54, 1.807) is 19.2 Å². The molecule has 0 spiro atoms. The van der Waals surface area contributed by atoms with Crippen molar-refractivity contribution >= 4 is 17.5 Å². The number of halogens is 1. The fraction of sp³-hybridized carbons (Fsp3) is 0.250. The molecule has 3 rings (SSSR count). The van der Waals surface area contributed by atoms with E-state index in [-0.39, 0.29) is 19.1 Å². The number of carbonyl (C=O) groups excluding carboxylic acids is 1. The average Bonchev–Trinajstić information content (AvgIpc) is 3.08. The smallest absolute Gasteiger partial charge is 0.260 e. The van der Waals surface area contributed by atoms with Gasteiger partial charge in [-0.25, -0.2) is 0 Å². The second-order valence-electron chi connectivity index (χ2n) is 6.38. The molecule has 0 N–H and O–H groups in total. The largest absolute Gasteiger partial charge is 0.484 e. The number of hydrogen-bond donors (Lipinski definition) is 0. The van der Waals surface area contributed by atoms with Crippen LogP contribution in [0.1, 0.15) is 17.0 Å². The van der Waals surface area contributed by atoms with Crippen LogP contribution in [0.25, 0.3) is 11.4 Å². The number of likely N-dealkylation sites (N-methyl/N-ethyl adjacent to an activating group) is 1. The van der Waals surface area contributed by atoms with Gasteiger partial charge in [0.15, 0.2) is 6.61 Å². The standard InChI is InChI=1S/C20H20ClN3O3/c1-13-8-14(2)10-17(9-13)26-12-19(25)24(3)11-18-22-20(23-27-18)15-4-6-16(21)7-5-15/h4-10H,11-12H2,1-3H3. The molecular formula is C20H20ClN3O3. The molecule has 3 aromatic rings. The fourth-order valence-electron chi connectivity index (χ4n) is 2.60. The second-order valence-corrected chi connectivity index (χ2v) is 6.82. The summed E-state index contributed by atoms with van der Waals surface area (Å²) in [6, 6.07) is 13.0. The van der Waals surface area contributed by atoms with Crippen LogP contribution in [-0.2, 0) is 11.3 Å². The molecule has 0 saturated heterocycles. The molecule has 1 amide bonds. The highest BCUT2D eigenvalue weighted by Crippen LogP contribution is 2.19. The minimum atomic E-state index is -0.180. The van der Waals surface area contributed by atoms with Crippen molar-refractivity contribution in [1.82, 2.24) is 15.0 Å². The van der Waals surface area contributed by atoms with Crippen LogP contribution in [0.4, 0.5) is 0 Å². The van der Waals surface area contributed by atoms with Crippen LogP contribution in [0.15, 0.2) is 47.0 Å². The van der Waals surface area contributed by atoms with Crippen LogP contribution in [0.3, 0.4) is 0 Å². The Morgan fingerprint density at radius 2 is 1.81 bits per heavy atom. The van der Waals surface area contributed by atoms with Gasteiger partial charge in [-0.3, -0.25) is 4.79 Å². The number of rotatable bonds is 6. The van der Waals surface area contributed by atoms with Gasteiger partial charge in [0.25, 0.3) is 5.91 Å². The molecule has 0 atom stereocenters. The summed E-state index contributed by atoms with van der Waals surface area (Å²) < 4.78 is 10.8. The SMILES string of the molecule is Cc1cc(C)cc(OCC(=O)N(C)Cc2nc(-c3ccc(Cl)cc3)no2)c1. The molecule has 6 nitrogen and oxygen atoms in total. The molecule has 0 aliphatic carbocycles. The summed E-state index contributed by atoms with van der Waals surface area (Å²) in [4.78, 5) is 18.1. The number of nitrogens with zero attached hydrogens (tertiary/aromatic N) is 3. The van der Waals surface area contributed by atoms with Gasteiger partial charge in [-0.15, -0.1) is 0 Å². The normalized spacial score (nSPS) is 10.7. The molecule has 0 saturated carbocycles. The van der Waals surface area contributed by atoms with Crippen LogP contribution >= 0.6 is 11.6 Å². The van der Waals surface area contributed by atoms with Crippen molar-refractivity contribution in [2.24, 2.45) is 0 Å². The molecule has 1 heterocycles. The van der Waals surface area contributed by atoms with E-state index in [2.05, 4.69) is 16.2 Å². The molecule has 0 bridgehead atoms. The molecule has 27 heavy (non-hydrogen) atoms. The molecule has 7 heteroatoms. The van der Waals surface area contributed by atoms with E-state index < -0.39 is 0 Å². The number of hydrogen-bond acceptors (Lipinski definition) is 5. The molecule has 1 aromatic heterocycles. The highest BCUT2D eigenvalue weighted by Gasteiger charge is 2.15. The van der Waals surface area contributed by atoms with Crippen molar-refractivity contribution in [2.45, 2.75) is 20.4 Å². The van der Waals surface area contributed by atoms with E-state index in [0.29, 0.717) is 22.5 Å². The minimum absolute atomic E-state index is 0.0580. The summed E-state index contributed by atoms with van der Waals surface area (Å²) in [6.07, 6.45) is 0. The summed E-state index contributed by atoms with van der Waals surface area (Å²) in [5.41, 5.74) is 2.97. The number of ether oxygens (including phenoxy) is 1. The highest BCUT2D eigenvalue weighted by atomic mass is 35.5. The second kappa shape index (κ2) is 8.22. The first-order valence-corrected chi connectivity index (χ1v) is 8.82. The maximum Gasteiger partial charge on any atom is 0.260 e. The Morgan fingerprint density at radius 3 is 2.48 bits per heavy atom. The monoisotopic (exact) mass is 385 g/mol. The Labute approximate surface area is 162 Å². The van der Waals surface area contributed by atoms with Gasteiger partial charge in [-0.05, 0) is 61.4 Å². The van der Waals surface area contributed by atoms with E-state index in [9.17, 15) is 4.79 Å². The van der Waals surface area contributed by atoms with Gasteiger partial charge in [0.1, 0.15) is 5.75 Å². The summed E-state index contributed by atoms with van der Waals surface area (Å²) in [5, 5.41) is 4.58. The van der Waals surface area contributed by atoms with Crippen LogP contribution in [0.2, 0.25) is 5.02 Å². The predicted molar refractivity (Wildman–Crippen MR) is 103 cm³/mol. The Kier molecular flexibility index (Phi) is 5.76.